The zero-order valence-corrected chi connectivity index (χ0v) is 12.9. The number of benzene rings is 1. The van der Waals surface area contributed by atoms with Gasteiger partial charge < -0.3 is 10.5 Å². The first kappa shape index (κ1) is 13.6. The Morgan fingerprint density at radius 3 is 2.85 bits per heavy atom. The Hall–Kier alpha value is -1.39. The fraction of sp³-hybridized carbons (Fsp3) is 0.438. The van der Waals surface area contributed by atoms with Gasteiger partial charge in [-0.3, -0.25) is 0 Å². The molecule has 1 aromatic heterocycles. The van der Waals surface area contributed by atoms with Crippen molar-refractivity contribution in [2.45, 2.75) is 32.2 Å². The van der Waals surface area contributed by atoms with Crippen LogP contribution in [0.25, 0.3) is 0 Å². The van der Waals surface area contributed by atoms with E-state index in [1.54, 1.807) is 11.3 Å². The van der Waals surface area contributed by atoms with Crippen molar-refractivity contribution in [3.8, 4) is 5.75 Å². The van der Waals surface area contributed by atoms with Gasteiger partial charge in [0.2, 0.25) is 0 Å². The predicted molar refractivity (Wildman–Crippen MR) is 82.3 cm³/mol. The lowest BCUT2D eigenvalue weighted by atomic mass is 9.78. The van der Waals surface area contributed by atoms with Crippen LogP contribution >= 0.6 is 11.3 Å². The van der Waals surface area contributed by atoms with Gasteiger partial charge >= 0.3 is 0 Å². The van der Waals surface area contributed by atoms with Crippen LogP contribution in [-0.2, 0) is 5.54 Å². The highest BCUT2D eigenvalue weighted by Gasteiger charge is 2.43. The largest absolute Gasteiger partial charge is 0.493 e. The maximum absolute atomic E-state index is 6.82. The minimum absolute atomic E-state index is 0.198. The van der Waals surface area contributed by atoms with E-state index < -0.39 is 5.54 Å². The number of para-hydroxylation sites is 1. The third-order valence-corrected chi connectivity index (χ3v) is 5.08. The summed E-state index contributed by atoms with van der Waals surface area (Å²) in [6.07, 6.45) is 0. The molecule has 2 unspecified atom stereocenters. The Labute approximate surface area is 123 Å². The average Bonchev–Trinajstić information content (AvgIpc) is 2.94. The smallest absolute Gasteiger partial charge is 0.124 e. The van der Waals surface area contributed by atoms with E-state index >= 15 is 0 Å². The topological polar surface area (TPSA) is 48.1 Å². The molecule has 3 rings (SSSR count). The number of fused-ring (bicyclic) bond motifs is 1. The van der Waals surface area contributed by atoms with Gasteiger partial charge in [-0.1, -0.05) is 39.0 Å². The summed E-state index contributed by atoms with van der Waals surface area (Å²) in [7, 11) is 0. The van der Waals surface area contributed by atoms with Gasteiger partial charge in [0.1, 0.15) is 16.3 Å². The Morgan fingerprint density at radius 1 is 1.40 bits per heavy atom. The van der Waals surface area contributed by atoms with Crippen molar-refractivity contribution in [2.24, 2.45) is 11.7 Å². The van der Waals surface area contributed by atoms with E-state index in [4.69, 9.17) is 15.5 Å². The number of rotatable bonds is 2. The highest BCUT2D eigenvalue weighted by atomic mass is 32.1. The van der Waals surface area contributed by atoms with Crippen LogP contribution in [0.2, 0.25) is 0 Å². The second kappa shape index (κ2) is 4.86. The van der Waals surface area contributed by atoms with Gasteiger partial charge in [0, 0.05) is 16.9 Å². The molecule has 0 spiro atoms. The molecule has 0 amide bonds. The zero-order chi connectivity index (χ0) is 14.3. The Kier molecular flexibility index (Phi) is 3.30. The maximum atomic E-state index is 6.82. The van der Waals surface area contributed by atoms with Gasteiger partial charge in [-0.25, -0.2) is 4.98 Å². The van der Waals surface area contributed by atoms with Gasteiger partial charge in [0.15, 0.2) is 0 Å². The Bertz CT molecular complexity index is 622. The summed E-state index contributed by atoms with van der Waals surface area (Å²) in [4.78, 5) is 4.79. The zero-order valence-electron chi connectivity index (χ0n) is 12.1. The van der Waals surface area contributed by atoms with E-state index in [1.807, 2.05) is 18.2 Å². The normalized spacial score (nSPS) is 25.4. The molecule has 1 aromatic carbocycles. The van der Waals surface area contributed by atoms with E-state index in [0.717, 1.165) is 22.0 Å². The lowest BCUT2D eigenvalue weighted by Gasteiger charge is -2.39. The molecule has 1 aliphatic heterocycles. The van der Waals surface area contributed by atoms with Gasteiger partial charge in [-0.2, -0.15) is 0 Å². The molecule has 0 fully saturated rings. The summed E-state index contributed by atoms with van der Waals surface area (Å²) in [6.45, 7) is 7.07. The van der Waals surface area contributed by atoms with Crippen LogP contribution in [0.1, 0.15) is 43.0 Å². The van der Waals surface area contributed by atoms with Crippen LogP contribution in [0.4, 0.5) is 0 Å². The highest BCUT2D eigenvalue weighted by molar-refractivity contribution is 7.09. The minimum atomic E-state index is -0.549. The second-order valence-corrected chi connectivity index (χ2v) is 6.67. The van der Waals surface area contributed by atoms with Crippen molar-refractivity contribution in [1.29, 1.82) is 0 Å². The average molecular weight is 288 g/mol. The molecule has 2 N–H and O–H groups in total. The molecule has 0 saturated carbocycles. The van der Waals surface area contributed by atoms with Gasteiger partial charge in [-0.15, -0.1) is 11.3 Å². The quantitative estimate of drug-likeness (QED) is 0.920. The van der Waals surface area contributed by atoms with Crippen LogP contribution in [0.15, 0.2) is 29.6 Å². The molecule has 3 nitrogen and oxygen atoms in total. The van der Waals surface area contributed by atoms with Crippen LogP contribution < -0.4 is 10.5 Å². The van der Waals surface area contributed by atoms with Crippen LogP contribution in [0.3, 0.4) is 0 Å². The van der Waals surface area contributed by atoms with E-state index in [1.165, 1.54) is 0 Å². The highest BCUT2D eigenvalue weighted by Crippen LogP contribution is 2.44. The number of nitrogens with two attached hydrogens (primary N) is 1. The number of hydrogen-bond acceptors (Lipinski definition) is 4. The number of nitrogens with zero attached hydrogens (tertiary/aromatic N) is 1. The molecule has 106 valence electrons. The molecule has 0 bridgehead atoms. The van der Waals surface area contributed by atoms with E-state index in [9.17, 15) is 0 Å². The molecule has 0 aliphatic carbocycles. The maximum Gasteiger partial charge on any atom is 0.124 e. The third kappa shape index (κ3) is 1.95. The summed E-state index contributed by atoms with van der Waals surface area (Å²) in [6, 6.07) is 8.04. The number of aromatic nitrogens is 1. The summed E-state index contributed by atoms with van der Waals surface area (Å²) >= 11 is 1.66. The van der Waals surface area contributed by atoms with Crippen molar-refractivity contribution < 1.29 is 4.74 Å². The van der Waals surface area contributed by atoms with Gasteiger partial charge in [0.05, 0.1) is 12.3 Å². The first-order chi connectivity index (χ1) is 9.53. The van der Waals surface area contributed by atoms with Crippen molar-refractivity contribution in [1.82, 2.24) is 4.98 Å². The van der Waals surface area contributed by atoms with E-state index in [-0.39, 0.29) is 5.92 Å². The molecule has 2 aromatic rings. The lowest BCUT2D eigenvalue weighted by Crippen LogP contribution is -2.49. The Morgan fingerprint density at radius 2 is 2.15 bits per heavy atom. The van der Waals surface area contributed by atoms with Crippen molar-refractivity contribution in [2.75, 3.05) is 6.61 Å². The fourth-order valence-electron chi connectivity index (χ4n) is 2.61. The van der Waals surface area contributed by atoms with Gasteiger partial charge in [0.25, 0.3) is 0 Å². The first-order valence-electron chi connectivity index (χ1n) is 7.00. The standard InChI is InChI=1S/C16H20N2OS/c1-10(2)13-9-20-15(18-13)16(17)11(3)8-19-14-7-5-4-6-12(14)16/h4-7,9-11H,8,17H2,1-3H3. The minimum Gasteiger partial charge on any atom is -0.493 e. The van der Waals surface area contributed by atoms with Crippen molar-refractivity contribution >= 4 is 11.3 Å². The first-order valence-corrected chi connectivity index (χ1v) is 7.88. The van der Waals surface area contributed by atoms with Crippen LogP contribution in [-0.4, -0.2) is 11.6 Å². The summed E-state index contributed by atoms with van der Waals surface area (Å²) in [5.41, 5.74) is 8.43. The summed E-state index contributed by atoms with van der Waals surface area (Å²) < 4.78 is 5.80. The Balaban J connectivity index is 2.13. The van der Waals surface area contributed by atoms with Crippen molar-refractivity contribution in [3.63, 3.8) is 0 Å². The molecule has 0 saturated heterocycles. The number of thiazole rings is 1. The molecule has 2 heterocycles. The predicted octanol–water partition coefficient (Wildman–Crippen LogP) is 3.50. The van der Waals surface area contributed by atoms with E-state index in [2.05, 4.69) is 32.2 Å². The summed E-state index contributed by atoms with van der Waals surface area (Å²) in [5, 5.41) is 3.11. The SMILES string of the molecule is CC(C)c1csc(C2(N)c3ccccc3OCC2C)n1. The van der Waals surface area contributed by atoms with Crippen LogP contribution in [0, 0.1) is 5.92 Å². The van der Waals surface area contributed by atoms with E-state index in [0.29, 0.717) is 12.5 Å². The third-order valence-electron chi connectivity index (χ3n) is 4.07. The number of ether oxygens (including phenoxy) is 1. The molecule has 2 atom stereocenters. The lowest BCUT2D eigenvalue weighted by molar-refractivity contribution is 0.167. The molecule has 20 heavy (non-hydrogen) atoms. The fourth-order valence-corrected chi connectivity index (χ4v) is 3.83. The van der Waals surface area contributed by atoms with Crippen molar-refractivity contribution in [3.05, 3.63) is 45.9 Å². The molecule has 1 aliphatic rings. The second-order valence-electron chi connectivity index (χ2n) is 5.81. The van der Waals surface area contributed by atoms with Crippen LogP contribution in [0.5, 0.6) is 5.75 Å². The monoisotopic (exact) mass is 288 g/mol. The molecular weight excluding hydrogens is 268 g/mol. The molecular formula is C16H20N2OS. The molecule has 0 radical (unpaired) electrons. The molecule has 4 heteroatoms. The summed E-state index contributed by atoms with van der Waals surface area (Å²) in [5.74, 6) is 1.51. The number of hydrogen-bond donors (Lipinski definition) is 1. The van der Waals surface area contributed by atoms with Gasteiger partial charge in [-0.05, 0) is 12.0 Å².